The van der Waals surface area contributed by atoms with Crippen molar-refractivity contribution in [2.75, 3.05) is 37.9 Å². The molecule has 0 atom stereocenters. The molecule has 2 aromatic carbocycles. The fourth-order valence-electron chi connectivity index (χ4n) is 3.02. The highest BCUT2D eigenvalue weighted by Gasteiger charge is 2.16. The molecule has 0 radical (unpaired) electrons. The number of rotatable bonds is 8. The number of carbonyl (C=O) groups excluding carboxylic acids is 1. The van der Waals surface area contributed by atoms with Gasteiger partial charge < -0.3 is 20.3 Å². The third-order valence-electron chi connectivity index (χ3n) is 4.50. The summed E-state index contributed by atoms with van der Waals surface area (Å²) in [7, 11) is 5.89. The quantitative estimate of drug-likeness (QED) is 0.438. The van der Waals surface area contributed by atoms with E-state index in [9.17, 15) is 9.18 Å². The molecule has 7 nitrogen and oxygen atoms in total. The summed E-state index contributed by atoms with van der Waals surface area (Å²) in [5, 5.41) is 9.77. The molecule has 2 N–H and O–H groups in total. The van der Waals surface area contributed by atoms with E-state index in [-0.39, 0.29) is 5.82 Å². The van der Waals surface area contributed by atoms with Crippen LogP contribution >= 0.6 is 15.9 Å². The molecule has 0 aliphatic heterocycles. The minimum Gasteiger partial charge on any atom is -0.493 e. The van der Waals surface area contributed by atoms with Crippen molar-refractivity contribution in [3.8, 4) is 17.0 Å². The molecule has 0 aliphatic carbocycles. The molecule has 9 heteroatoms. The molecular formula is C22H25BrFN5O2. The first kappa shape index (κ1) is 22.8. The first-order valence-electron chi connectivity index (χ1n) is 9.76. The lowest BCUT2D eigenvalue weighted by molar-refractivity contribution is 0.262. The predicted molar refractivity (Wildman–Crippen MR) is 124 cm³/mol. The monoisotopic (exact) mass is 489 g/mol. The fourth-order valence-corrected chi connectivity index (χ4v) is 3.58. The van der Waals surface area contributed by atoms with Crippen LogP contribution in [-0.4, -0.2) is 48.0 Å². The second-order valence-electron chi connectivity index (χ2n) is 7.27. The van der Waals surface area contributed by atoms with Crippen LogP contribution in [0.1, 0.15) is 6.42 Å². The summed E-state index contributed by atoms with van der Waals surface area (Å²) in [4.78, 5) is 14.5. The predicted octanol–water partition coefficient (Wildman–Crippen LogP) is 4.96. The molecular weight excluding hydrogens is 465 g/mol. The average molecular weight is 490 g/mol. The number of anilines is 2. The Morgan fingerprint density at radius 2 is 1.84 bits per heavy atom. The van der Waals surface area contributed by atoms with Crippen LogP contribution in [0.2, 0.25) is 0 Å². The van der Waals surface area contributed by atoms with Crippen molar-refractivity contribution in [1.82, 2.24) is 14.7 Å². The number of urea groups is 1. The number of amides is 2. The maximum Gasteiger partial charge on any atom is 0.323 e. The van der Waals surface area contributed by atoms with Crippen molar-refractivity contribution in [3.63, 3.8) is 0 Å². The number of hydrogen-bond acceptors (Lipinski definition) is 4. The number of aromatic nitrogens is 2. The summed E-state index contributed by atoms with van der Waals surface area (Å²) >= 11 is 3.54. The average Bonchev–Trinajstić information content (AvgIpc) is 3.05. The number of carbonyl (C=O) groups is 1. The maximum absolute atomic E-state index is 13.1. The topological polar surface area (TPSA) is 71.4 Å². The molecule has 31 heavy (non-hydrogen) atoms. The second-order valence-corrected chi connectivity index (χ2v) is 8.12. The van der Waals surface area contributed by atoms with Crippen molar-refractivity contribution in [1.29, 1.82) is 0 Å². The number of ether oxygens (including phenoxy) is 1. The molecule has 0 aliphatic rings. The minimum absolute atomic E-state index is 0.362. The van der Waals surface area contributed by atoms with Gasteiger partial charge in [-0.1, -0.05) is 0 Å². The van der Waals surface area contributed by atoms with E-state index in [1.807, 2.05) is 33.3 Å². The van der Waals surface area contributed by atoms with E-state index in [0.717, 1.165) is 28.7 Å². The van der Waals surface area contributed by atoms with Gasteiger partial charge in [-0.05, 0) is 78.9 Å². The number of hydrogen-bond donors (Lipinski definition) is 2. The molecule has 0 spiro atoms. The molecule has 0 unspecified atom stereocenters. The molecule has 164 valence electrons. The second kappa shape index (κ2) is 10.4. The first-order valence-corrected chi connectivity index (χ1v) is 10.6. The Kier molecular flexibility index (Phi) is 7.64. The Morgan fingerprint density at radius 1 is 1.16 bits per heavy atom. The van der Waals surface area contributed by atoms with Crippen LogP contribution in [-0.2, 0) is 7.05 Å². The Balaban J connectivity index is 1.79. The van der Waals surface area contributed by atoms with E-state index in [1.165, 1.54) is 24.3 Å². The van der Waals surface area contributed by atoms with Gasteiger partial charge in [-0.2, -0.15) is 5.10 Å². The van der Waals surface area contributed by atoms with Crippen molar-refractivity contribution in [2.24, 2.45) is 7.05 Å². The van der Waals surface area contributed by atoms with Crippen LogP contribution in [0.3, 0.4) is 0 Å². The number of benzene rings is 2. The van der Waals surface area contributed by atoms with Gasteiger partial charge in [0, 0.05) is 30.5 Å². The van der Waals surface area contributed by atoms with E-state index in [1.54, 1.807) is 16.9 Å². The van der Waals surface area contributed by atoms with Gasteiger partial charge >= 0.3 is 6.03 Å². The number of halogens is 2. The molecule has 2 amide bonds. The molecule has 3 rings (SSSR count). The molecule has 0 saturated carbocycles. The molecule has 3 aromatic rings. The Morgan fingerprint density at radius 3 is 2.48 bits per heavy atom. The van der Waals surface area contributed by atoms with Crippen molar-refractivity contribution in [3.05, 3.63) is 59.0 Å². The summed E-state index contributed by atoms with van der Waals surface area (Å²) in [5.41, 5.74) is 2.72. The Bertz CT molecular complexity index is 1020. The first-order chi connectivity index (χ1) is 14.8. The zero-order valence-corrected chi connectivity index (χ0v) is 19.2. The van der Waals surface area contributed by atoms with Crippen LogP contribution in [0.25, 0.3) is 11.3 Å². The van der Waals surface area contributed by atoms with Crippen molar-refractivity contribution in [2.45, 2.75) is 6.42 Å². The number of nitrogens with one attached hydrogen (secondary N) is 2. The van der Waals surface area contributed by atoms with Crippen molar-refractivity contribution < 1.29 is 13.9 Å². The van der Waals surface area contributed by atoms with Gasteiger partial charge in [0.15, 0.2) is 0 Å². The van der Waals surface area contributed by atoms with Gasteiger partial charge in [-0.25, -0.2) is 9.18 Å². The molecule has 0 bridgehead atoms. The number of nitrogens with zero attached hydrogens (tertiary/aromatic N) is 3. The maximum atomic E-state index is 13.1. The summed E-state index contributed by atoms with van der Waals surface area (Å²) < 4.78 is 21.7. The van der Waals surface area contributed by atoms with Crippen LogP contribution < -0.4 is 15.4 Å². The standard InChI is InChI=1S/C22H25BrFN5O2/c1-28(2)11-4-12-31-20-10-9-17(13-18(20)21-19(23)14-25-29(21)3)27-22(30)26-16-7-5-15(24)6-8-16/h5-10,13-14H,4,11-12H2,1-3H3,(H2,26,27,30). The van der Waals surface area contributed by atoms with E-state index in [2.05, 4.69) is 36.6 Å². The molecule has 1 heterocycles. The third kappa shape index (κ3) is 6.28. The van der Waals surface area contributed by atoms with E-state index >= 15 is 0 Å². The lowest BCUT2D eigenvalue weighted by Gasteiger charge is -2.16. The summed E-state index contributed by atoms with van der Waals surface area (Å²) in [6.45, 7) is 1.49. The van der Waals surface area contributed by atoms with Crippen molar-refractivity contribution >= 4 is 33.3 Å². The van der Waals surface area contributed by atoms with E-state index in [0.29, 0.717) is 23.7 Å². The highest BCUT2D eigenvalue weighted by atomic mass is 79.9. The van der Waals surface area contributed by atoms with Crippen LogP contribution in [0.5, 0.6) is 5.75 Å². The third-order valence-corrected chi connectivity index (χ3v) is 5.08. The SMILES string of the molecule is CN(C)CCCOc1ccc(NC(=O)Nc2ccc(F)cc2)cc1-c1c(Br)cnn1C. The molecule has 0 fully saturated rings. The highest BCUT2D eigenvalue weighted by molar-refractivity contribution is 9.10. The van der Waals surface area contributed by atoms with Crippen LogP contribution in [0.15, 0.2) is 53.1 Å². The van der Waals surface area contributed by atoms with E-state index in [4.69, 9.17) is 4.74 Å². The van der Waals surface area contributed by atoms with Gasteiger partial charge in [0.05, 0.1) is 23.0 Å². The summed E-state index contributed by atoms with van der Waals surface area (Å²) in [6, 6.07) is 10.6. The Labute approximate surface area is 189 Å². The van der Waals surface area contributed by atoms with Crippen LogP contribution in [0, 0.1) is 5.82 Å². The Hall–Kier alpha value is -2.91. The zero-order chi connectivity index (χ0) is 22.4. The van der Waals surface area contributed by atoms with Gasteiger partial charge in [0.2, 0.25) is 0 Å². The van der Waals surface area contributed by atoms with Gasteiger partial charge in [0.25, 0.3) is 0 Å². The van der Waals surface area contributed by atoms with E-state index < -0.39 is 6.03 Å². The molecule has 0 saturated heterocycles. The van der Waals surface area contributed by atoms with Gasteiger partial charge in [-0.15, -0.1) is 0 Å². The smallest absolute Gasteiger partial charge is 0.323 e. The normalized spacial score (nSPS) is 10.9. The summed E-state index contributed by atoms with van der Waals surface area (Å²) in [5.74, 6) is 0.339. The lowest BCUT2D eigenvalue weighted by Crippen LogP contribution is -2.19. The van der Waals surface area contributed by atoms with Crippen LogP contribution in [0.4, 0.5) is 20.6 Å². The minimum atomic E-state index is -0.429. The fraction of sp³-hybridized carbons (Fsp3) is 0.273. The zero-order valence-electron chi connectivity index (χ0n) is 17.7. The van der Waals surface area contributed by atoms with Gasteiger partial charge in [-0.3, -0.25) is 4.68 Å². The summed E-state index contributed by atoms with van der Waals surface area (Å²) in [6.07, 6.45) is 2.60. The molecule has 1 aromatic heterocycles. The highest BCUT2D eigenvalue weighted by Crippen LogP contribution is 2.36. The van der Waals surface area contributed by atoms with Gasteiger partial charge in [0.1, 0.15) is 11.6 Å². The number of aryl methyl sites for hydroxylation is 1. The lowest BCUT2D eigenvalue weighted by atomic mass is 10.1. The largest absolute Gasteiger partial charge is 0.493 e.